The molecule has 0 radical (unpaired) electrons. The fourth-order valence-corrected chi connectivity index (χ4v) is 2.60. The first-order valence-electron chi connectivity index (χ1n) is 4.25. The number of benzene rings is 1. The fraction of sp³-hybridized carbons (Fsp3) is 0. The maximum atomic E-state index is 11.3. The Balaban J connectivity index is 2.54. The molecule has 0 aliphatic rings. The summed E-state index contributed by atoms with van der Waals surface area (Å²) in [5, 5.41) is 0.688. The Hall–Kier alpha value is -0.770. The SMILES string of the molecule is O=c1cc(S)sc(-c2ccc(Cl)cc2)c1. The average molecular weight is 255 g/mol. The Morgan fingerprint density at radius 1 is 1.13 bits per heavy atom. The molecule has 1 aromatic heterocycles. The van der Waals surface area contributed by atoms with Crippen LogP contribution in [0, 0.1) is 0 Å². The average Bonchev–Trinajstić information content (AvgIpc) is 2.17. The van der Waals surface area contributed by atoms with Crippen molar-refractivity contribution in [3.63, 3.8) is 0 Å². The molecule has 0 aliphatic heterocycles. The van der Waals surface area contributed by atoms with Crippen LogP contribution in [-0.4, -0.2) is 0 Å². The van der Waals surface area contributed by atoms with Crippen molar-refractivity contribution in [2.75, 3.05) is 0 Å². The molecule has 0 saturated heterocycles. The summed E-state index contributed by atoms with van der Waals surface area (Å²) in [5.74, 6) is 0. The van der Waals surface area contributed by atoms with Gasteiger partial charge in [-0.3, -0.25) is 4.79 Å². The van der Waals surface area contributed by atoms with Crippen LogP contribution in [0.15, 0.2) is 45.4 Å². The van der Waals surface area contributed by atoms with Gasteiger partial charge in [0.15, 0.2) is 5.43 Å². The van der Waals surface area contributed by atoms with Crippen molar-refractivity contribution >= 4 is 35.6 Å². The van der Waals surface area contributed by atoms with Crippen molar-refractivity contribution in [3.05, 3.63) is 51.6 Å². The van der Waals surface area contributed by atoms with Gasteiger partial charge in [0.2, 0.25) is 0 Å². The molecule has 76 valence electrons. The van der Waals surface area contributed by atoms with Crippen LogP contribution in [0.4, 0.5) is 0 Å². The maximum absolute atomic E-state index is 11.3. The standard InChI is InChI=1S/C11H7ClOS2/c12-8-3-1-7(2-4-8)10-5-9(13)6-11(14)15-10/h1-6,14H. The third-order valence-electron chi connectivity index (χ3n) is 1.88. The molecular weight excluding hydrogens is 248 g/mol. The van der Waals surface area contributed by atoms with Crippen LogP contribution in [0.25, 0.3) is 10.4 Å². The van der Waals surface area contributed by atoms with Crippen molar-refractivity contribution in [1.82, 2.24) is 0 Å². The Kier molecular flexibility index (Phi) is 3.14. The highest BCUT2D eigenvalue weighted by atomic mass is 35.5. The zero-order chi connectivity index (χ0) is 10.8. The topological polar surface area (TPSA) is 17.1 Å². The van der Waals surface area contributed by atoms with Crippen LogP contribution in [0.1, 0.15) is 0 Å². The van der Waals surface area contributed by atoms with Crippen LogP contribution < -0.4 is 5.43 Å². The van der Waals surface area contributed by atoms with Crippen molar-refractivity contribution < 1.29 is 0 Å². The molecule has 0 saturated carbocycles. The number of rotatable bonds is 1. The smallest absolute Gasteiger partial charge is 0.181 e. The van der Waals surface area contributed by atoms with Crippen molar-refractivity contribution in [2.45, 2.75) is 4.21 Å². The van der Waals surface area contributed by atoms with E-state index in [2.05, 4.69) is 12.6 Å². The summed E-state index contributed by atoms with van der Waals surface area (Å²) >= 11 is 11.4. The number of thiol groups is 1. The zero-order valence-electron chi connectivity index (χ0n) is 7.61. The first-order chi connectivity index (χ1) is 7.15. The highest BCUT2D eigenvalue weighted by Gasteiger charge is 2.01. The van der Waals surface area contributed by atoms with E-state index in [0.717, 1.165) is 10.4 Å². The molecule has 0 aliphatic carbocycles. The maximum Gasteiger partial charge on any atom is 0.181 e. The van der Waals surface area contributed by atoms with Gasteiger partial charge in [-0.05, 0) is 17.7 Å². The third kappa shape index (κ3) is 2.62. The van der Waals surface area contributed by atoms with Crippen LogP contribution >= 0.6 is 35.6 Å². The Morgan fingerprint density at radius 3 is 2.40 bits per heavy atom. The van der Waals surface area contributed by atoms with E-state index in [-0.39, 0.29) is 5.43 Å². The van der Waals surface area contributed by atoms with E-state index in [9.17, 15) is 4.79 Å². The normalized spacial score (nSPS) is 10.3. The summed E-state index contributed by atoms with van der Waals surface area (Å²) in [6.07, 6.45) is 0. The molecule has 15 heavy (non-hydrogen) atoms. The van der Waals surface area contributed by atoms with E-state index in [1.807, 2.05) is 12.1 Å². The van der Waals surface area contributed by atoms with Gasteiger partial charge in [-0.1, -0.05) is 23.7 Å². The van der Waals surface area contributed by atoms with Gasteiger partial charge in [-0.2, -0.15) is 0 Å². The number of hydrogen-bond acceptors (Lipinski definition) is 3. The first kappa shape index (κ1) is 10.7. The van der Waals surface area contributed by atoms with Gasteiger partial charge >= 0.3 is 0 Å². The minimum atomic E-state index is -0.0244. The van der Waals surface area contributed by atoms with Crippen LogP contribution in [0.5, 0.6) is 0 Å². The third-order valence-corrected chi connectivity index (χ3v) is 3.44. The van der Waals surface area contributed by atoms with Gasteiger partial charge < -0.3 is 0 Å². The minimum absolute atomic E-state index is 0.0244. The molecule has 1 nitrogen and oxygen atoms in total. The van der Waals surface area contributed by atoms with Crippen molar-refractivity contribution in [3.8, 4) is 10.4 Å². The van der Waals surface area contributed by atoms with Crippen LogP contribution in [0.2, 0.25) is 5.02 Å². The highest BCUT2D eigenvalue weighted by molar-refractivity contribution is 7.82. The summed E-state index contributed by atoms with van der Waals surface area (Å²) in [5.41, 5.74) is 0.959. The molecule has 0 fully saturated rings. The van der Waals surface area contributed by atoms with Gasteiger partial charge in [0.25, 0.3) is 0 Å². The van der Waals surface area contributed by atoms with Crippen LogP contribution in [-0.2, 0) is 0 Å². The van der Waals surface area contributed by atoms with E-state index >= 15 is 0 Å². The summed E-state index contributed by atoms with van der Waals surface area (Å²) in [7, 11) is 0. The lowest BCUT2D eigenvalue weighted by Gasteiger charge is -2.00. The van der Waals surface area contributed by atoms with Gasteiger partial charge in [-0.15, -0.1) is 24.0 Å². The second-order valence-electron chi connectivity index (χ2n) is 3.00. The highest BCUT2D eigenvalue weighted by Crippen LogP contribution is 2.27. The summed E-state index contributed by atoms with van der Waals surface area (Å²) in [6, 6.07) is 10.5. The lowest BCUT2D eigenvalue weighted by Crippen LogP contribution is -1.94. The van der Waals surface area contributed by atoms with E-state index in [4.69, 9.17) is 11.6 Å². The second-order valence-corrected chi connectivity index (χ2v) is 5.31. The second kappa shape index (κ2) is 4.39. The molecule has 1 aromatic carbocycles. The fourth-order valence-electron chi connectivity index (χ4n) is 1.22. The molecule has 0 atom stereocenters. The predicted octanol–water partition coefficient (Wildman–Crippen LogP) is 3.72. The quantitative estimate of drug-likeness (QED) is 0.768. The van der Waals surface area contributed by atoms with Crippen molar-refractivity contribution in [2.24, 2.45) is 0 Å². The predicted molar refractivity (Wildman–Crippen MR) is 68.3 cm³/mol. The van der Waals surface area contributed by atoms with Gasteiger partial charge in [0, 0.05) is 22.0 Å². The molecule has 0 spiro atoms. The van der Waals surface area contributed by atoms with E-state index in [0.29, 0.717) is 9.23 Å². The Morgan fingerprint density at radius 2 is 1.80 bits per heavy atom. The lowest BCUT2D eigenvalue weighted by atomic mass is 10.2. The molecule has 2 aromatic rings. The van der Waals surface area contributed by atoms with Gasteiger partial charge in [-0.25, -0.2) is 0 Å². The first-order valence-corrected chi connectivity index (χ1v) is 5.89. The number of hydrogen-bond donors (Lipinski definition) is 1. The molecular formula is C11H7ClOS2. The zero-order valence-corrected chi connectivity index (χ0v) is 10.1. The minimum Gasteiger partial charge on any atom is -0.290 e. The molecule has 0 bridgehead atoms. The summed E-state index contributed by atoms with van der Waals surface area (Å²) in [4.78, 5) is 12.2. The molecule has 1 heterocycles. The monoisotopic (exact) mass is 254 g/mol. The molecule has 0 amide bonds. The van der Waals surface area contributed by atoms with E-state index in [1.54, 1.807) is 18.2 Å². The van der Waals surface area contributed by atoms with E-state index < -0.39 is 0 Å². The number of halogens is 1. The molecule has 4 heteroatoms. The summed E-state index contributed by atoms with van der Waals surface area (Å²) < 4.78 is 0.715. The van der Waals surface area contributed by atoms with Gasteiger partial charge in [0.1, 0.15) is 0 Å². The molecule has 0 N–H and O–H groups in total. The van der Waals surface area contributed by atoms with Gasteiger partial charge in [0.05, 0.1) is 4.21 Å². The van der Waals surface area contributed by atoms with Crippen molar-refractivity contribution in [1.29, 1.82) is 0 Å². The Labute approximate surface area is 102 Å². The Bertz CT molecular complexity index is 531. The summed E-state index contributed by atoms with van der Waals surface area (Å²) in [6.45, 7) is 0. The lowest BCUT2D eigenvalue weighted by molar-refractivity contribution is 1.55. The van der Waals surface area contributed by atoms with Crippen LogP contribution in [0.3, 0.4) is 0 Å². The van der Waals surface area contributed by atoms with E-state index in [1.165, 1.54) is 17.4 Å². The largest absolute Gasteiger partial charge is 0.290 e. The molecule has 0 unspecified atom stereocenters. The molecule has 2 rings (SSSR count).